The number of benzene rings is 1. The lowest BCUT2D eigenvalue weighted by atomic mass is 9.96. The minimum absolute atomic E-state index is 0.730. The summed E-state index contributed by atoms with van der Waals surface area (Å²) in [6.07, 6.45) is 3.49. The van der Waals surface area contributed by atoms with Gasteiger partial charge in [0.05, 0.1) is 0 Å². The highest BCUT2D eigenvalue weighted by Crippen LogP contribution is 2.24. The van der Waals surface area contributed by atoms with Gasteiger partial charge in [0.25, 0.3) is 0 Å². The van der Waals surface area contributed by atoms with Crippen LogP contribution in [0.1, 0.15) is 17.5 Å². The van der Waals surface area contributed by atoms with E-state index in [0.29, 0.717) is 0 Å². The van der Waals surface area contributed by atoms with Gasteiger partial charge in [0.2, 0.25) is 0 Å². The molecule has 2 rings (SSSR count). The fourth-order valence-corrected chi connectivity index (χ4v) is 2.45. The van der Waals surface area contributed by atoms with Crippen molar-refractivity contribution in [2.24, 2.45) is 0 Å². The molecule has 0 saturated heterocycles. The monoisotopic (exact) mass is 235 g/mol. The van der Waals surface area contributed by atoms with E-state index in [4.69, 9.17) is 11.6 Å². The first-order valence-corrected chi connectivity index (χ1v) is 6.38. The third-order valence-corrected chi connectivity index (χ3v) is 3.35. The molecule has 1 aromatic carbocycles. The van der Waals surface area contributed by atoms with E-state index in [2.05, 4.69) is 42.2 Å². The second-order valence-corrected chi connectivity index (χ2v) is 4.66. The maximum atomic E-state index is 5.75. The molecule has 0 radical (unpaired) electrons. The Kier molecular flexibility index (Phi) is 4.03. The molecule has 0 amide bonds. The summed E-state index contributed by atoms with van der Waals surface area (Å²) in [5, 5.41) is 0. The smallest absolute Gasteiger partial charge is 0.0351 e. The molecule has 16 heavy (non-hydrogen) atoms. The maximum Gasteiger partial charge on any atom is 0.0351 e. The van der Waals surface area contributed by atoms with E-state index in [9.17, 15) is 0 Å². The first-order valence-electron chi connectivity index (χ1n) is 5.84. The third kappa shape index (κ3) is 2.66. The molecule has 0 N–H and O–H groups in total. The van der Waals surface area contributed by atoms with Gasteiger partial charge in [0.15, 0.2) is 0 Å². The molecule has 0 spiro atoms. The minimum Gasteiger partial charge on any atom is -0.298 e. The zero-order valence-corrected chi connectivity index (χ0v) is 10.5. The Morgan fingerprint density at radius 2 is 2.12 bits per heavy atom. The highest BCUT2D eigenvalue weighted by Gasteiger charge is 2.12. The number of hydrogen-bond donors (Lipinski definition) is 0. The number of halogens is 1. The van der Waals surface area contributed by atoms with E-state index in [-0.39, 0.29) is 0 Å². The van der Waals surface area contributed by atoms with Crippen molar-refractivity contribution in [3.05, 3.63) is 41.5 Å². The van der Waals surface area contributed by atoms with Gasteiger partial charge in [-0.1, -0.05) is 30.3 Å². The third-order valence-electron chi connectivity index (χ3n) is 3.19. The molecule has 0 aliphatic carbocycles. The second kappa shape index (κ2) is 5.51. The molecule has 2 heteroatoms. The van der Waals surface area contributed by atoms with Gasteiger partial charge >= 0.3 is 0 Å². The molecule has 0 saturated carbocycles. The molecule has 86 valence electrons. The van der Waals surface area contributed by atoms with Crippen LogP contribution in [0.15, 0.2) is 30.3 Å². The van der Waals surface area contributed by atoms with Crippen LogP contribution >= 0.6 is 11.6 Å². The molecule has 1 aromatic rings. The van der Waals surface area contributed by atoms with Gasteiger partial charge < -0.3 is 0 Å². The lowest BCUT2D eigenvalue weighted by Gasteiger charge is -2.26. The van der Waals surface area contributed by atoms with Crippen LogP contribution in [0.3, 0.4) is 0 Å². The van der Waals surface area contributed by atoms with Crippen molar-refractivity contribution in [2.45, 2.75) is 13.3 Å². The van der Waals surface area contributed by atoms with Crippen LogP contribution in [0.5, 0.6) is 0 Å². The molecule has 0 unspecified atom stereocenters. The Morgan fingerprint density at radius 3 is 2.75 bits per heavy atom. The number of nitrogens with zero attached hydrogens (tertiary/aromatic N) is 1. The summed E-state index contributed by atoms with van der Waals surface area (Å²) in [7, 11) is 0. The average molecular weight is 236 g/mol. The van der Waals surface area contributed by atoms with E-state index >= 15 is 0 Å². The van der Waals surface area contributed by atoms with Gasteiger partial charge in [0.1, 0.15) is 0 Å². The lowest BCUT2D eigenvalue weighted by molar-refractivity contribution is 0.320. The fraction of sp³-hybridized carbons (Fsp3) is 0.429. The summed E-state index contributed by atoms with van der Waals surface area (Å²) in [6, 6.07) is 8.62. The highest BCUT2D eigenvalue weighted by atomic mass is 35.5. The Bertz CT molecular complexity index is 384. The van der Waals surface area contributed by atoms with Crippen molar-refractivity contribution in [3.63, 3.8) is 0 Å². The number of rotatable bonds is 3. The maximum absolute atomic E-state index is 5.75. The van der Waals surface area contributed by atoms with Gasteiger partial charge in [-0.3, -0.25) is 4.90 Å². The van der Waals surface area contributed by atoms with Crippen LogP contribution in [0, 0.1) is 6.92 Å². The summed E-state index contributed by atoms with van der Waals surface area (Å²) < 4.78 is 0. The van der Waals surface area contributed by atoms with Gasteiger partial charge in [0, 0.05) is 25.5 Å². The van der Waals surface area contributed by atoms with Crippen molar-refractivity contribution in [2.75, 3.05) is 25.5 Å². The van der Waals surface area contributed by atoms with Crippen LogP contribution in [-0.4, -0.2) is 30.4 Å². The topological polar surface area (TPSA) is 3.24 Å². The molecular weight excluding hydrogens is 218 g/mol. The highest BCUT2D eigenvalue weighted by molar-refractivity contribution is 6.18. The second-order valence-electron chi connectivity index (χ2n) is 4.28. The zero-order valence-electron chi connectivity index (χ0n) is 9.75. The van der Waals surface area contributed by atoms with Crippen LogP contribution in [-0.2, 0) is 0 Å². The summed E-state index contributed by atoms with van der Waals surface area (Å²) in [6.45, 7) is 5.35. The van der Waals surface area contributed by atoms with Crippen molar-refractivity contribution in [3.8, 4) is 0 Å². The quantitative estimate of drug-likeness (QED) is 0.727. The van der Waals surface area contributed by atoms with Crippen LogP contribution in [0.2, 0.25) is 0 Å². The lowest BCUT2D eigenvalue weighted by Crippen LogP contribution is -2.30. The number of hydrogen-bond acceptors (Lipinski definition) is 1. The SMILES string of the molecule is Cc1ccccc1C1=CCN(CCCl)CC1. The largest absolute Gasteiger partial charge is 0.298 e. The molecule has 1 aliphatic rings. The molecule has 1 nitrogen and oxygen atoms in total. The van der Waals surface area contributed by atoms with E-state index in [0.717, 1.165) is 31.9 Å². The molecular formula is C14H18ClN. The molecule has 1 heterocycles. The summed E-state index contributed by atoms with van der Waals surface area (Å²) in [5.41, 5.74) is 4.27. The van der Waals surface area contributed by atoms with Gasteiger partial charge in [-0.2, -0.15) is 0 Å². The Morgan fingerprint density at radius 1 is 1.31 bits per heavy atom. The van der Waals surface area contributed by atoms with Crippen LogP contribution in [0.4, 0.5) is 0 Å². The standard InChI is InChI=1S/C14H18ClN/c1-12-4-2-3-5-14(12)13-6-9-16(10-7-13)11-8-15/h2-6H,7-11H2,1H3. The molecule has 0 fully saturated rings. The van der Waals surface area contributed by atoms with E-state index in [1.807, 2.05) is 0 Å². The number of aryl methyl sites for hydroxylation is 1. The van der Waals surface area contributed by atoms with Crippen LogP contribution in [0.25, 0.3) is 5.57 Å². The molecule has 0 aromatic heterocycles. The summed E-state index contributed by atoms with van der Waals surface area (Å²) >= 11 is 5.75. The molecule has 1 aliphatic heterocycles. The Hall–Kier alpha value is -0.790. The van der Waals surface area contributed by atoms with Crippen molar-refractivity contribution >= 4 is 17.2 Å². The predicted molar refractivity (Wildman–Crippen MR) is 70.9 cm³/mol. The van der Waals surface area contributed by atoms with Crippen molar-refractivity contribution in [1.82, 2.24) is 4.90 Å². The average Bonchev–Trinajstić information content (AvgIpc) is 2.31. The summed E-state index contributed by atoms with van der Waals surface area (Å²) in [5.74, 6) is 0.730. The van der Waals surface area contributed by atoms with Crippen molar-refractivity contribution in [1.29, 1.82) is 0 Å². The summed E-state index contributed by atoms with van der Waals surface area (Å²) in [4.78, 5) is 2.40. The van der Waals surface area contributed by atoms with E-state index in [1.54, 1.807) is 0 Å². The predicted octanol–water partition coefficient (Wildman–Crippen LogP) is 3.32. The Balaban J connectivity index is 2.10. The first kappa shape index (κ1) is 11.7. The van der Waals surface area contributed by atoms with E-state index in [1.165, 1.54) is 16.7 Å². The first-order chi connectivity index (χ1) is 7.81. The van der Waals surface area contributed by atoms with E-state index < -0.39 is 0 Å². The van der Waals surface area contributed by atoms with Gasteiger partial charge in [-0.05, 0) is 30.0 Å². The van der Waals surface area contributed by atoms with Gasteiger partial charge in [-0.15, -0.1) is 11.6 Å². The minimum atomic E-state index is 0.730. The van der Waals surface area contributed by atoms with Crippen molar-refractivity contribution < 1.29 is 0 Å². The fourth-order valence-electron chi connectivity index (χ4n) is 2.21. The normalized spacial score (nSPS) is 17.2. The molecule has 0 bridgehead atoms. The van der Waals surface area contributed by atoms with Crippen LogP contribution < -0.4 is 0 Å². The number of alkyl halides is 1. The molecule has 0 atom stereocenters. The zero-order chi connectivity index (χ0) is 11.4. The Labute approximate surface area is 103 Å². The van der Waals surface area contributed by atoms with Gasteiger partial charge in [-0.25, -0.2) is 0 Å².